The Balaban J connectivity index is 2.11. The summed E-state index contributed by atoms with van der Waals surface area (Å²) in [6.07, 6.45) is 1.70. The van der Waals surface area contributed by atoms with E-state index in [0.29, 0.717) is 0 Å². The van der Waals surface area contributed by atoms with Gasteiger partial charge < -0.3 is 10.1 Å². The van der Waals surface area contributed by atoms with Gasteiger partial charge in [-0.3, -0.25) is 4.79 Å². The van der Waals surface area contributed by atoms with Crippen LogP contribution in [0, 0.1) is 0 Å². The minimum absolute atomic E-state index is 0.0646. The number of ether oxygens (including phenoxy) is 1. The highest BCUT2D eigenvalue weighted by Gasteiger charge is 2.49. The number of fused-ring (bicyclic) bond motifs is 2. The van der Waals surface area contributed by atoms with E-state index in [1.165, 1.54) is 0 Å². The summed E-state index contributed by atoms with van der Waals surface area (Å²) >= 11 is 0. The van der Waals surface area contributed by atoms with Gasteiger partial charge in [-0.1, -0.05) is 18.2 Å². The minimum Gasteiger partial charge on any atom is -0.426 e. The summed E-state index contributed by atoms with van der Waals surface area (Å²) in [6.45, 7) is 1.78. The highest BCUT2D eigenvalue weighted by Crippen LogP contribution is 2.44. The number of rotatable bonds is 0. The normalized spacial score (nSPS) is 22.5. The summed E-state index contributed by atoms with van der Waals surface area (Å²) in [7, 11) is 0. The molecule has 15 heavy (non-hydrogen) atoms. The average molecular weight is 203 g/mol. The summed E-state index contributed by atoms with van der Waals surface area (Å²) in [5, 5.41) is 3.28. The fraction of sp³-hybridized carbons (Fsp3) is 0.417. The largest absolute Gasteiger partial charge is 0.426 e. The van der Waals surface area contributed by atoms with Crippen LogP contribution in [0.2, 0.25) is 0 Å². The maximum absolute atomic E-state index is 12.0. The topological polar surface area (TPSA) is 38.3 Å². The van der Waals surface area contributed by atoms with Crippen LogP contribution in [0.4, 0.5) is 0 Å². The van der Waals surface area contributed by atoms with Crippen LogP contribution < -0.4 is 10.1 Å². The Morgan fingerprint density at radius 2 is 1.93 bits per heavy atom. The van der Waals surface area contributed by atoms with Crippen molar-refractivity contribution in [3.63, 3.8) is 0 Å². The van der Waals surface area contributed by atoms with Crippen LogP contribution >= 0.6 is 0 Å². The highest BCUT2D eigenvalue weighted by atomic mass is 16.5. The van der Waals surface area contributed by atoms with Crippen molar-refractivity contribution in [1.82, 2.24) is 5.32 Å². The summed E-state index contributed by atoms with van der Waals surface area (Å²) in [5.41, 5.74) is 0.721. The number of para-hydroxylation sites is 1. The number of hydrogen-bond acceptors (Lipinski definition) is 3. The van der Waals surface area contributed by atoms with Crippen molar-refractivity contribution in [1.29, 1.82) is 0 Å². The maximum Gasteiger partial charge on any atom is 0.322 e. The third-order valence-electron chi connectivity index (χ3n) is 3.45. The molecule has 2 heterocycles. The first kappa shape index (κ1) is 8.92. The van der Waals surface area contributed by atoms with E-state index in [2.05, 4.69) is 5.32 Å². The molecule has 2 aliphatic rings. The molecule has 3 nitrogen and oxygen atoms in total. The van der Waals surface area contributed by atoms with Crippen LogP contribution in [-0.2, 0) is 10.2 Å². The van der Waals surface area contributed by atoms with Gasteiger partial charge in [-0.2, -0.15) is 0 Å². The van der Waals surface area contributed by atoms with Gasteiger partial charge in [0.2, 0.25) is 0 Å². The van der Waals surface area contributed by atoms with E-state index in [4.69, 9.17) is 4.74 Å². The van der Waals surface area contributed by atoms with Crippen LogP contribution in [0.25, 0.3) is 0 Å². The number of esters is 1. The van der Waals surface area contributed by atoms with Crippen LogP contribution in [0.15, 0.2) is 24.3 Å². The van der Waals surface area contributed by atoms with Gasteiger partial charge in [0.15, 0.2) is 0 Å². The Morgan fingerprint density at radius 1 is 1.20 bits per heavy atom. The van der Waals surface area contributed by atoms with Crippen molar-refractivity contribution in [3.05, 3.63) is 29.8 Å². The molecule has 0 aliphatic carbocycles. The zero-order chi connectivity index (χ0) is 10.3. The van der Waals surface area contributed by atoms with Crippen LogP contribution in [-0.4, -0.2) is 19.1 Å². The fourth-order valence-corrected chi connectivity index (χ4v) is 2.59. The Kier molecular flexibility index (Phi) is 1.83. The fourth-order valence-electron chi connectivity index (χ4n) is 2.59. The van der Waals surface area contributed by atoms with E-state index in [0.717, 1.165) is 37.2 Å². The maximum atomic E-state index is 12.0. The number of piperidine rings is 1. The molecule has 0 unspecified atom stereocenters. The van der Waals surface area contributed by atoms with Gasteiger partial charge >= 0.3 is 5.97 Å². The summed E-state index contributed by atoms with van der Waals surface area (Å²) in [6, 6.07) is 7.78. The predicted octanol–water partition coefficient (Wildman–Crippen LogP) is 1.23. The monoisotopic (exact) mass is 203 g/mol. The summed E-state index contributed by atoms with van der Waals surface area (Å²) in [4.78, 5) is 12.0. The molecular weight excluding hydrogens is 190 g/mol. The number of carbonyl (C=O) groups excluding carboxylic acids is 1. The molecule has 1 spiro atoms. The van der Waals surface area contributed by atoms with Crippen molar-refractivity contribution in [2.45, 2.75) is 18.3 Å². The van der Waals surface area contributed by atoms with Crippen LogP contribution in [0.1, 0.15) is 18.4 Å². The molecule has 0 saturated carbocycles. The molecule has 1 saturated heterocycles. The smallest absolute Gasteiger partial charge is 0.322 e. The molecule has 2 aliphatic heterocycles. The molecule has 0 amide bonds. The quantitative estimate of drug-likeness (QED) is 0.509. The van der Waals surface area contributed by atoms with Gasteiger partial charge in [0.1, 0.15) is 5.75 Å². The van der Waals surface area contributed by atoms with Gasteiger partial charge in [0.25, 0.3) is 0 Å². The summed E-state index contributed by atoms with van der Waals surface area (Å²) < 4.78 is 5.33. The summed E-state index contributed by atoms with van der Waals surface area (Å²) in [5.74, 6) is 0.689. The van der Waals surface area contributed by atoms with E-state index in [9.17, 15) is 4.79 Å². The number of benzene rings is 1. The molecule has 3 heteroatoms. The average Bonchev–Trinajstić information content (AvgIpc) is 2.55. The minimum atomic E-state index is -0.359. The molecule has 78 valence electrons. The van der Waals surface area contributed by atoms with Gasteiger partial charge in [-0.25, -0.2) is 0 Å². The van der Waals surface area contributed by atoms with Crippen LogP contribution in [0.3, 0.4) is 0 Å². The van der Waals surface area contributed by atoms with Gasteiger partial charge in [0, 0.05) is 5.56 Å². The van der Waals surface area contributed by atoms with Crippen LogP contribution in [0.5, 0.6) is 5.75 Å². The van der Waals surface area contributed by atoms with E-state index >= 15 is 0 Å². The molecule has 0 radical (unpaired) electrons. The lowest BCUT2D eigenvalue weighted by molar-refractivity contribution is -0.139. The van der Waals surface area contributed by atoms with Gasteiger partial charge in [-0.05, 0) is 32.0 Å². The predicted molar refractivity (Wildman–Crippen MR) is 55.9 cm³/mol. The molecule has 0 atom stereocenters. The Bertz CT molecular complexity index is 408. The lowest BCUT2D eigenvalue weighted by atomic mass is 9.74. The molecule has 0 aromatic heterocycles. The molecule has 1 fully saturated rings. The molecule has 0 bridgehead atoms. The Labute approximate surface area is 88.4 Å². The highest BCUT2D eigenvalue weighted by molar-refractivity contribution is 5.90. The molecule has 3 rings (SSSR count). The second kappa shape index (κ2) is 3.07. The number of carbonyl (C=O) groups is 1. The second-order valence-electron chi connectivity index (χ2n) is 4.22. The van der Waals surface area contributed by atoms with Crippen molar-refractivity contribution in [2.75, 3.05) is 13.1 Å². The lowest BCUT2D eigenvalue weighted by Crippen LogP contribution is -2.44. The third kappa shape index (κ3) is 1.13. The lowest BCUT2D eigenvalue weighted by Gasteiger charge is -2.30. The SMILES string of the molecule is O=C1Oc2ccccc2C12CCNCC2. The van der Waals surface area contributed by atoms with E-state index in [1.54, 1.807) is 0 Å². The first-order valence-electron chi connectivity index (χ1n) is 5.35. The molecular formula is C12H13NO2. The van der Waals surface area contributed by atoms with E-state index in [-0.39, 0.29) is 11.4 Å². The zero-order valence-corrected chi connectivity index (χ0v) is 8.45. The van der Waals surface area contributed by atoms with E-state index in [1.807, 2.05) is 24.3 Å². The Morgan fingerprint density at radius 3 is 2.73 bits per heavy atom. The molecule has 1 aromatic carbocycles. The molecule has 1 aromatic rings. The molecule has 1 N–H and O–H groups in total. The second-order valence-corrected chi connectivity index (χ2v) is 4.22. The number of nitrogens with one attached hydrogen (secondary N) is 1. The first-order valence-corrected chi connectivity index (χ1v) is 5.35. The zero-order valence-electron chi connectivity index (χ0n) is 8.45. The van der Waals surface area contributed by atoms with Gasteiger partial charge in [-0.15, -0.1) is 0 Å². The van der Waals surface area contributed by atoms with Gasteiger partial charge in [0.05, 0.1) is 5.41 Å². The third-order valence-corrected chi connectivity index (χ3v) is 3.45. The van der Waals surface area contributed by atoms with E-state index < -0.39 is 0 Å². The van der Waals surface area contributed by atoms with Crippen molar-refractivity contribution < 1.29 is 9.53 Å². The van der Waals surface area contributed by atoms with Crippen molar-refractivity contribution in [2.24, 2.45) is 0 Å². The standard InChI is InChI=1S/C12H13NO2/c14-11-12(5-7-13-8-6-12)9-3-1-2-4-10(9)15-11/h1-4,13H,5-8H2. The number of hydrogen-bond donors (Lipinski definition) is 1. The first-order chi connectivity index (χ1) is 7.33. The van der Waals surface area contributed by atoms with Crippen molar-refractivity contribution >= 4 is 5.97 Å². The van der Waals surface area contributed by atoms with Crippen molar-refractivity contribution in [3.8, 4) is 5.75 Å². The Hall–Kier alpha value is -1.35.